The van der Waals surface area contributed by atoms with Crippen molar-refractivity contribution in [1.82, 2.24) is 0 Å². The third kappa shape index (κ3) is 6.89. The molecule has 6 heterocycles. The first-order chi connectivity index (χ1) is 44.3. The van der Waals surface area contributed by atoms with Crippen LogP contribution < -0.4 is 27.9 Å². The summed E-state index contributed by atoms with van der Waals surface area (Å²) in [6.07, 6.45) is 6.76. The molecule has 6 nitrogen and oxygen atoms in total. The summed E-state index contributed by atoms with van der Waals surface area (Å²) in [6.45, 7) is 15.9. The second-order valence-electron chi connectivity index (χ2n) is 27.8. The Morgan fingerprint density at radius 1 is 0.242 bits per heavy atom. The Labute approximate surface area is 526 Å². The van der Waals surface area contributed by atoms with E-state index in [0.29, 0.717) is 20.2 Å². The van der Waals surface area contributed by atoms with Gasteiger partial charge in [0.15, 0.2) is 18.6 Å². The molecule has 16 aromatic rings. The predicted octanol–water partition coefficient (Wildman–Crippen LogP) is 19.4. The van der Waals surface area contributed by atoms with Crippen LogP contribution >= 0.6 is 0 Å². The van der Waals surface area contributed by atoms with Gasteiger partial charge in [-0.05, 0) is 187 Å². The highest BCUT2D eigenvalue weighted by molar-refractivity contribution is 6.12. The lowest BCUT2D eigenvalue weighted by atomic mass is 9.78. The summed E-state index contributed by atoms with van der Waals surface area (Å²) in [5.74, 6) is 3.05. The first-order valence-corrected chi connectivity index (χ1v) is 32.1. The molecule has 0 radical (unpaired) electrons. The van der Waals surface area contributed by atoms with Gasteiger partial charge in [0, 0.05) is 49.1 Å². The second-order valence-corrected chi connectivity index (χ2v) is 27.8. The Kier molecular flexibility index (Phi) is 10.0. The molecule has 6 heteroatoms. The SMILES string of the molecule is CC1(C)c2c3c(cc4cc5ccccc5cc24)OC[n+]2cc4cc5ccccc5cc4c1c2-3.CC1(C)c2c3c(cc4cc5ccccc5cc24)OC[n+]2cc4ccccc4c1c2-3.CC1(C)c2c3c(cc4cc5ccccc5cc24)OC[n+]2cc4ccccc4c1c2-3. The van der Waals surface area contributed by atoms with Crippen molar-refractivity contribution in [1.29, 1.82) is 0 Å². The minimum absolute atomic E-state index is 0.0995. The van der Waals surface area contributed by atoms with E-state index in [1.54, 1.807) is 0 Å². The summed E-state index contributed by atoms with van der Waals surface area (Å²) in [5, 5.41) is 25.9. The molecular formula is C85H62N3O3+3. The van der Waals surface area contributed by atoms with Gasteiger partial charge in [-0.15, -0.1) is 0 Å². The minimum Gasteiger partial charge on any atom is -0.435 e. The Balaban J connectivity index is 0.0000000953. The van der Waals surface area contributed by atoms with Crippen molar-refractivity contribution in [3.05, 3.63) is 264 Å². The molecule has 0 N–H and O–H groups in total. The van der Waals surface area contributed by atoms with Crippen LogP contribution in [-0.2, 0) is 36.4 Å². The highest BCUT2D eigenvalue weighted by atomic mass is 16.5. The summed E-state index contributed by atoms with van der Waals surface area (Å²) in [4.78, 5) is 0. The lowest BCUT2D eigenvalue weighted by Gasteiger charge is -2.23. The molecule has 13 aromatic carbocycles. The highest BCUT2D eigenvalue weighted by Crippen LogP contribution is 2.60. The summed E-state index contributed by atoms with van der Waals surface area (Å²) in [6, 6.07) is 77.6. The van der Waals surface area contributed by atoms with Crippen molar-refractivity contribution >= 4 is 108 Å². The normalized spacial score (nSPS) is 15.5. The molecule has 22 rings (SSSR count). The number of fused-ring (bicyclic) bond motifs is 16. The Morgan fingerprint density at radius 2 is 0.484 bits per heavy atom. The van der Waals surface area contributed by atoms with E-state index in [0.717, 1.165) is 17.2 Å². The van der Waals surface area contributed by atoms with Crippen molar-refractivity contribution in [3.63, 3.8) is 0 Å². The largest absolute Gasteiger partial charge is 0.435 e. The molecule has 0 saturated heterocycles. The monoisotopic (exact) mass is 1170 g/mol. The van der Waals surface area contributed by atoms with Crippen LogP contribution in [0.5, 0.6) is 17.2 Å². The zero-order valence-electron chi connectivity index (χ0n) is 51.6. The zero-order valence-corrected chi connectivity index (χ0v) is 51.6. The number of benzene rings is 13. The number of ether oxygens (including phenoxy) is 3. The lowest BCUT2D eigenvalue weighted by molar-refractivity contribution is -0.716. The molecule has 6 aliphatic rings. The quantitative estimate of drug-likeness (QED) is 0.112. The van der Waals surface area contributed by atoms with Crippen LogP contribution in [0.4, 0.5) is 0 Å². The number of hydrogen-bond acceptors (Lipinski definition) is 3. The van der Waals surface area contributed by atoms with Gasteiger partial charge < -0.3 is 14.2 Å². The van der Waals surface area contributed by atoms with Crippen molar-refractivity contribution < 1.29 is 27.9 Å². The molecule has 0 amide bonds. The van der Waals surface area contributed by atoms with Crippen molar-refractivity contribution in [2.45, 2.75) is 78.0 Å². The number of rotatable bonds is 0. The van der Waals surface area contributed by atoms with Gasteiger partial charge in [-0.2, -0.15) is 13.7 Å². The van der Waals surface area contributed by atoms with Gasteiger partial charge in [0.2, 0.25) is 17.1 Å². The Bertz CT molecular complexity index is 5700. The van der Waals surface area contributed by atoms with E-state index < -0.39 is 0 Å². The number of hydrogen-bond donors (Lipinski definition) is 0. The van der Waals surface area contributed by atoms with E-state index in [9.17, 15) is 0 Å². The molecule has 91 heavy (non-hydrogen) atoms. The molecule has 0 unspecified atom stereocenters. The second kappa shape index (κ2) is 17.8. The van der Waals surface area contributed by atoms with Crippen molar-refractivity contribution in [2.24, 2.45) is 0 Å². The summed E-state index contributed by atoms with van der Waals surface area (Å²) < 4.78 is 25.9. The standard InChI is InChI=1S/C31H22NO.2C27H20NO/c1-31(2)28-24-13-20-9-5-3-7-18(20)11-22(24)15-26-27(28)30-29(31)25-14-21-10-6-4-8-19(21)12-23(25)16-32(30)17-33-26;2*1-27(2)24-21-12-17-8-4-3-7-16(17)11-19(21)13-22-23(24)26-25(27)20-10-6-5-9-18(20)14-28(26)15-29-22/h3-16H,17H2,1-2H3;2*3-14H,15H2,1-2H3/q3*+1. The van der Waals surface area contributed by atoms with Crippen LogP contribution in [0.2, 0.25) is 0 Å². The third-order valence-electron chi connectivity index (χ3n) is 21.6. The minimum atomic E-state index is -0.140. The van der Waals surface area contributed by atoms with Crippen LogP contribution in [0.25, 0.3) is 141 Å². The van der Waals surface area contributed by atoms with Gasteiger partial charge in [0.05, 0.1) is 16.7 Å². The molecule has 432 valence electrons. The van der Waals surface area contributed by atoms with E-state index in [2.05, 4.69) is 286 Å². The fourth-order valence-corrected chi connectivity index (χ4v) is 17.8. The van der Waals surface area contributed by atoms with Gasteiger partial charge in [-0.25, -0.2) is 0 Å². The van der Waals surface area contributed by atoms with Gasteiger partial charge in [0.25, 0.3) is 20.2 Å². The van der Waals surface area contributed by atoms with Gasteiger partial charge in [-0.3, -0.25) is 0 Å². The van der Waals surface area contributed by atoms with Gasteiger partial charge in [0.1, 0.15) is 17.2 Å². The number of aromatic nitrogens is 3. The number of nitrogens with zero attached hydrogens (tertiary/aromatic N) is 3. The maximum absolute atomic E-state index is 6.38. The molecular weight excluding hydrogens is 1110 g/mol. The van der Waals surface area contributed by atoms with Crippen molar-refractivity contribution in [3.8, 4) is 51.0 Å². The Hall–Kier alpha value is -10.7. The van der Waals surface area contributed by atoms with Crippen LogP contribution in [0, 0.1) is 0 Å². The first-order valence-electron chi connectivity index (χ1n) is 32.1. The molecule has 0 atom stereocenters. The molecule has 0 bridgehead atoms. The fourth-order valence-electron chi connectivity index (χ4n) is 17.8. The highest BCUT2D eigenvalue weighted by Gasteiger charge is 2.51. The van der Waals surface area contributed by atoms with Gasteiger partial charge >= 0.3 is 0 Å². The smallest absolute Gasteiger partial charge is 0.292 e. The first kappa shape index (κ1) is 51.2. The van der Waals surface area contributed by atoms with Crippen molar-refractivity contribution in [2.75, 3.05) is 0 Å². The zero-order chi connectivity index (χ0) is 60.6. The van der Waals surface area contributed by atoms with E-state index in [-0.39, 0.29) is 16.2 Å². The topological polar surface area (TPSA) is 39.3 Å². The molecule has 0 saturated carbocycles. The van der Waals surface area contributed by atoms with E-state index in [1.165, 1.54) is 175 Å². The van der Waals surface area contributed by atoms with E-state index >= 15 is 0 Å². The summed E-state index contributed by atoms with van der Waals surface area (Å²) in [7, 11) is 0. The number of pyridine rings is 3. The van der Waals surface area contributed by atoms with E-state index in [1.807, 2.05) is 0 Å². The predicted molar refractivity (Wildman–Crippen MR) is 370 cm³/mol. The molecule has 3 aliphatic carbocycles. The average molecular weight is 1170 g/mol. The third-order valence-corrected chi connectivity index (χ3v) is 21.6. The fraction of sp³-hybridized carbons (Fsp3) is 0.141. The molecule has 3 aromatic heterocycles. The average Bonchev–Trinajstić information content (AvgIpc) is 1.55. The molecule has 3 aliphatic heterocycles. The van der Waals surface area contributed by atoms with Crippen LogP contribution in [0.3, 0.4) is 0 Å². The Morgan fingerprint density at radius 3 is 0.802 bits per heavy atom. The summed E-state index contributed by atoms with van der Waals surface area (Å²) in [5.41, 5.74) is 16.0. The molecule has 0 spiro atoms. The molecule has 0 fully saturated rings. The van der Waals surface area contributed by atoms with Crippen LogP contribution in [0.15, 0.2) is 231 Å². The maximum Gasteiger partial charge on any atom is 0.292 e. The van der Waals surface area contributed by atoms with E-state index in [4.69, 9.17) is 14.2 Å². The van der Waals surface area contributed by atoms with Gasteiger partial charge in [-0.1, -0.05) is 175 Å². The van der Waals surface area contributed by atoms with Crippen LogP contribution in [0.1, 0.15) is 74.9 Å². The summed E-state index contributed by atoms with van der Waals surface area (Å²) >= 11 is 0. The lowest BCUT2D eigenvalue weighted by Crippen LogP contribution is -2.41. The van der Waals surface area contributed by atoms with Crippen LogP contribution in [-0.4, -0.2) is 0 Å². The maximum atomic E-state index is 6.38.